The normalized spacial score (nSPS) is 12.2. The van der Waals surface area contributed by atoms with Gasteiger partial charge in [-0.2, -0.15) is 0 Å². The zero-order valence-corrected chi connectivity index (χ0v) is 9.09. The molecule has 0 aromatic carbocycles. The lowest BCUT2D eigenvalue weighted by molar-refractivity contribution is 0.474. The zero-order valence-electron chi connectivity index (χ0n) is 9.09. The highest BCUT2D eigenvalue weighted by Gasteiger charge is 2.01. The molecular formula is C11H23N. The molecule has 0 aliphatic heterocycles. The summed E-state index contributed by atoms with van der Waals surface area (Å²) in [6, 6.07) is 0.549. The van der Waals surface area contributed by atoms with Gasteiger partial charge in [-0.1, -0.05) is 32.6 Å². The Labute approximate surface area is 77.6 Å². The molecule has 12 heavy (non-hydrogen) atoms. The molecule has 0 amide bonds. The number of rotatable bonds is 3. The first-order valence-electron chi connectivity index (χ1n) is 4.54. The van der Waals surface area contributed by atoms with Crippen molar-refractivity contribution in [3.8, 4) is 0 Å². The van der Waals surface area contributed by atoms with E-state index in [9.17, 15) is 0 Å². The fourth-order valence-corrected chi connectivity index (χ4v) is 0.378. The molecule has 0 radical (unpaired) electrons. The molecule has 1 heteroatoms. The van der Waals surface area contributed by atoms with Gasteiger partial charge in [0.05, 0.1) is 0 Å². The predicted octanol–water partition coefficient (Wildman–Crippen LogP) is 3.35. The highest BCUT2D eigenvalue weighted by Crippen LogP contribution is 1.98. The largest absolute Gasteiger partial charge is 0.389 e. The van der Waals surface area contributed by atoms with Crippen LogP contribution >= 0.6 is 0 Å². The van der Waals surface area contributed by atoms with Crippen molar-refractivity contribution < 1.29 is 0 Å². The Bertz CT molecular complexity index is 110. The monoisotopic (exact) mass is 169 g/mol. The third-order valence-corrected chi connectivity index (χ3v) is 1.71. The summed E-state index contributed by atoms with van der Waals surface area (Å²) in [7, 11) is 0. The first-order valence-corrected chi connectivity index (χ1v) is 4.54. The van der Waals surface area contributed by atoms with Crippen LogP contribution in [0.3, 0.4) is 0 Å². The van der Waals surface area contributed by atoms with E-state index in [-0.39, 0.29) is 0 Å². The summed E-state index contributed by atoms with van der Waals surface area (Å²) >= 11 is 0. The molecule has 0 fully saturated rings. The SMILES string of the molecule is C=CNC(C)C(C)C.CC=CC. The summed E-state index contributed by atoms with van der Waals surface area (Å²) in [5.74, 6) is 0.688. The average molecular weight is 169 g/mol. The number of hydrogen-bond donors (Lipinski definition) is 1. The Hall–Kier alpha value is -0.720. The topological polar surface area (TPSA) is 12.0 Å². The lowest BCUT2D eigenvalue weighted by atomic mass is 10.1. The van der Waals surface area contributed by atoms with Gasteiger partial charge in [0.1, 0.15) is 0 Å². The van der Waals surface area contributed by atoms with Gasteiger partial charge in [-0.15, -0.1) is 0 Å². The van der Waals surface area contributed by atoms with E-state index in [0.29, 0.717) is 12.0 Å². The molecule has 0 aliphatic rings. The van der Waals surface area contributed by atoms with Gasteiger partial charge in [0, 0.05) is 6.04 Å². The molecule has 1 unspecified atom stereocenters. The van der Waals surface area contributed by atoms with E-state index in [1.165, 1.54) is 0 Å². The quantitative estimate of drug-likeness (QED) is 0.639. The Morgan fingerprint density at radius 3 is 1.58 bits per heavy atom. The number of hydrogen-bond acceptors (Lipinski definition) is 1. The van der Waals surface area contributed by atoms with Crippen molar-refractivity contribution in [3.63, 3.8) is 0 Å². The zero-order chi connectivity index (χ0) is 9.98. The van der Waals surface area contributed by atoms with E-state index < -0.39 is 0 Å². The van der Waals surface area contributed by atoms with Crippen LogP contribution in [-0.4, -0.2) is 6.04 Å². The highest BCUT2D eigenvalue weighted by molar-refractivity contribution is 4.71. The van der Waals surface area contributed by atoms with Crippen molar-refractivity contribution in [2.45, 2.75) is 40.7 Å². The van der Waals surface area contributed by atoms with Crippen molar-refractivity contribution in [3.05, 3.63) is 24.9 Å². The minimum atomic E-state index is 0.549. The number of nitrogens with one attached hydrogen (secondary N) is 1. The molecule has 1 atom stereocenters. The van der Waals surface area contributed by atoms with Crippen LogP contribution in [0.4, 0.5) is 0 Å². The van der Waals surface area contributed by atoms with Gasteiger partial charge in [-0.3, -0.25) is 0 Å². The summed E-state index contributed by atoms with van der Waals surface area (Å²) in [5.41, 5.74) is 0. The van der Waals surface area contributed by atoms with E-state index in [1.54, 1.807) is 6.20 Å². The third-order valence-electron chi connectivity index (χ3n) is 1.71. The molecule has 0 aliphatic carbocycles. The predicted molar refractivity (Wildman–Crippen MR) is 58.1 cm³/mol. The molecule has 1 N–H and O–H groups in total. The molecular weight excluding hydrogens is 146 g/mol. The van der Waals surface area contributed by atoms with Crippen LogP contribution < -0.4 is 5.32 Å². The maximum atomic E-state index is 3.57. The van der Waals surface area contributed by atoms with Gasteiger partial charge >= 0.3 is 0 Å². The molecule has 0 bridgehead atoms. The van der Waals surface area contributed by atoms with Gasteiger partial charge in [0.2, 0.25) is 0 Å². The molecule has 0 aromatic rings. The molecule has 1 nitrogen and oxygen atoms in total. The van der Waals surface area contributed by atoms with E-state index in [1.807, 2.05) is 26.0 Å². The fraction of sp³-hybridized carbons (Fsp3) is 0.636. The lowest BCUT2D eigenvalue weighted by Crippen LogP contribution is -2.25. The molecule has 0 rings (SSSR count). The van der Waals surface area contributed by atoms with Gasteiger partial charge in [-0.05, 0) is 32.9 Å². The maximum absolute atomic E-state index is 3.57. The van der Waals surface area contributed by atoms with E-state index in [0.717, 1.165) is 0 Å². The second-order valence-electron chi connectivity index (χ2n) is 3.07. The van der Waals surface area contributed by atoms with Crippen molar-refractivity contribution in [1.82, 2.24) is 5.32 Å². The number of allylic oxidation sites excluding steroid dienone is 2. The van der Waals surface area contributed by atoms with Crippen LogP contribution in [0.5, 0.6) is 0 Å². The molecule has 0 heterocycles. The Morgan fingerprint density at radius 1 is 1.08 bits per heavy atom. The minimum absolute atomic E-state index is 0.549. The van der Waals surface area contributed by atoms with Crippen LogP contribution in [0.15, 0.2) is 24.9 Å². The first-order chi connectivity index (χ1) is 5.59. The molecule has 0 saturated carbocycles. The van der Waals surface area contributed by atoms with Gasteiger partial charge in [0.25, 0.3) is 0 Å². The summed E-state index contributed by atoms with van der Waals surface area (Å²) in [6.07, 6.45) is 5.74. The Kier molecular flexibility index (Phi) is 11.9. The van der Waals surface area contributed by atoms with E-state index in [4.69, 9.17) is 0 Å². The van der Waals surface area contributed by atoms with Crippen molar-refractivity contribution in [2.75, 3.05) is 0 Å². The second-order valence-corrected chi connectivity index (χ2v) is 3.07. The molecule has 72 valence electrons. The van der Waals surface area contributed by atoms with Crippen molar-refractivity contribution >= 4 is 0 Å². The van der Waals surface area contributed by atoms with Crippen molar-refractivity contribution in [2.24, 2.45) is 5.92 Å². The summed E-state index contributed by atoms with van der Waals surface area (Å²) < 4.78 is 0. The summed E-state index contributed by atoms with van der Waals surface area (Å²) in [5, 5.41) is 3.11. The van der Waals surface area contributed by atoms with Crippen LogP contribution in [0.1, 0.15) is 34.6 Å². The Morgan fingerprint density at radius 2 is 1.50 bits per heavy atom. The summed E-state index contributed by atoms with van der Waals surface area (Å²) in [4.78, 5) is 0. The van der Waals surface area contributed by atoms with Crippen LogP contribution in [0, 0.1) is 5.92 Å². The van der Waals surface area contributed by atoms with E-state index >= 15 is 0 Å². The van der Waals surface area contributed by atoms with Crippen molar-refractivity contribution in [1.29, 1.82) is 0 Å². The molecule has 0 saturated heterocycles. The third kappa shape index (κ3) is 12.0. The maximum Gasteiger partial charge on any atom is 0.0250 e. The van der Waals surface area contributed by atoms with Crippen LogP contribution in [-0.2, 0) is 0 Å². The molecule has 0 aromatic heterocycles. The fourth-order valence-electron chi connectivity index (χ4n) is 0.378. The Balaban J connectivity index is 0. The van der Waals surface area contributed by atoms with Crippen LogP contribution in [0.25, 0.3) is 0 Å². The van der Waals surface area contributed by atoms with Gasteiger partial charge in [-0.25, -0.2) is 0 Å². The second kappa shape index (κ2) is 10.3. The van der Waals surface area contributed by atoms with E-state index in [2.05, 4.69) is 32.7 Å². The van der Waals surface area contributed by atoms with Gasteiger partial charge in [0.15, 0.2) is 0 Å². The smallest absolute Gasteiger partial charge is 0.0250 e. The lowest BCUT2D eigenvalue weighted by Gasteiger charge is -2.14. The minimum Gasteiger partial charge on any atom is -0.389 e. The van der Waals surface area contributed by atoms with Crippen LogP contribution in [0.2, 0.25) is 0 Å². The highest BCUT2D eigenvalue weighted by atomic mass is 14.9. The molecule has 0 spiro atoms. The van der Waals surface area contributed by atoms with Gasteiger partial charge < -0.3 is 5.32 Å². The first kappa shape index (κ1) is 13.8. The average Bonchev–Trinajstić information content (AvgIpc) is 2.05. The summed E-state index contributed by atoms with van der Waals surface area (Å²) in [6.45, 7) is 14.1. The standard InChI is InChI=1S/C7H15N.C4H8/c1-5-8-7(4)6(2)3;1-3-4-2/h5-8H,1H2,2-4H3;3-4H,1-2H3.